The van der Waals surface area contributed by atoms with Crippen molar-refractivity contribution < 1.29 is 24.1 Å². The van der Waals surface area contributed by atoms with Gasteiger partial charge < -0.3 is 19.3 Å². The Morgan fingerprint density at radius 1 is 1.23 bits per heavy atom. The maximum absolute atomic E-state index is 12.9. The molecular weight excluding hydrogens is 414 g/mol. The van der Waals surface area contributed by atoms with E-state index in [0.29, 0.717) is 13.0 Å². The Labute approximate surface area is 187 Å². The molecular formula is C24H29NO5S. The van der Waals surface area contributed by atoms with E-state index < -0.39 is 18.2 Å². The molecule has 4 atom stereocenters. The van der Waals surface area contributed by atoms with Crippen LogP contribution in [0.5, 0.6) is 0 Å². The molecule has 1 fully saturated rings. The van der Waals surface area contributed by atoms with Gasteiger partial charge in [0.15, 0.2) is 0 Å². The van der Waals surface area contributed by atoms with Crippen molar-refractivity contribution >= 4 is 17.9 Å². The van der Waals surface area contributed by atoms with Gasteiger partial charge in [-0.1, -0.05) is 54.6 Å². The van der Waals surface area contributed by atoms with Gasteiger partial charge in [-0.15, -0.1) is 18.3 Å². The molecule has 7 heteroatoms. The molecule has 1 unspecified atom stereocenters. The number of aliphatic hydroxyl groups excluding tert-OH is 1. The molecule has 3 rings (SSSR count). The van der Waals surface area contributed by atoms with Gasteiger partial charge in [-0.05, 0) is 24.1 Å². The molecule has 1 saturated heterocycles. The largest absolute Gasteiger partial charge is 0.445 e. The van der Waals surface area contributed by atoms with Crippen molar-refractivity contribution in [2.75, 3.05) is 20.4 Å². The summed E-state index contributed by atoms with van der Waals surface area (Å²) in [6.45, 7) is 4.60. The highest BCUT2D eigenvalue weighted by Crippen LogP contribution is 2.33. The van der Waals surface area contributed by atoms with E-state index >= 15 is 0 Å². The molecule has 2 aromatic rings. The summed E-state index contributed by atoms with van der Waals surface area (Å²) < 4.78 is 16.4. The van der Waals surface area contributed by atoms with Crippen molar-refractivity contribution in [3.63, 3.8) is 0 Å². The predicted octanol–water partition coefficient (Wildman–Crippen LogP) is 4.09. The first-order valence-electron chi connectivity index (χ1n) is 10.2. The summed E-state index contributed by atoms with van der Waals surface area (Å²) in [6.07, 6.45) is 0.575. The molecule has 0 aliphatic carbocycles. The maximum Gasteiger partial charge on any atom is 0.410 e. The van der Waals surface area contributed by atoms with Gasteiger partial charge in [0.1, 0.15) is 13.4 Å². The first-order valence-corrected chi connectivity index (χ1v) is 11.1. The van der Waals surface area contributed by atoms with Gasteiger partial charge in [0, 0.05) is 18.6 Å². The minimum atomic E-state index is -0.892. The number of benzene rings is 2. The molecule has 0 radical (unpaired) electrons. The molecule has 0 aromatic heterocycles. The highest BCUT2D eigenvalue weighted by molar-refractivity contribution is 8.00. The van der Waals surface area contributed by atoms with Crippen LogP contribution in [0.2, 0.25) is 0 Å². The highest BCUT2D eigenvalue weighted by Gasteiger charge is 2.45. The second-order valence-electron chi connectivity index (χ2n) is 7.25. The zero-order valence-electron chi connectivity index (χ0n) is 17.6. The summed E-state index contributed by atoms with van der Waals surface area (Å²) in [6, 6.07) is 18.7. The summed E-state index contributed by atoms with van der Waals surface area (Å²) in [5.41, 5.74) is 0.905. The molecule has 166 valence electrons. The number of hydrogen-bond donors (Lipinski definition) is 1. The number of carbonyl (C=O) groups excluding carboxylic acids is 1. The van der Waals surface area contributed by atoms with Crippen molar-refractivity contribution in [2.24, 2.45) is 0 Å². The third-order valence-corrected chi connectivity index (χ3v) is 6.46. The standard InChI is InChI=1S/C24H29NO5S/c1-3-21(31-19-12-8-5-9-13-19)23(26)22-20(30-17-28-2)14-15-25(22)24(27)29-16-18-10-6-4-7-11-18/h3-13,20-23,26H,1,14-17H2,2H3/t20-,21?,22+,23+/m0/s1. The third kappa shape index (κ3) is 6.33. The van der Waals surface area contributed by atoms with Crippen LogP contribution in [0.15, 0.2) is 78.2 Å². The Morgan fingerprint density at radius 2 is 1.90 bits per heavy atom. The first kappa shape index (κ1) is 23.3. The van der Waals surface area contributed by atoms with E-state index in [0.717, 1.165) is 10.5 Å². The number of methoxy groups -OCH3 is 1. The lowest BCUT2D eigenvalue weighted by atomic mass is 10.0. The van der Waals surface area contributed by atoms with E-state index in [1.54, 1.807) is 18.1 Å². The van der Waals surface area contributed by atoms with Crippen LogP contribution in [0.1, 0.15) is 12.0 Å². The number of ether oxygens (including phenoxy) is 3. The van der Waals surface area contributed by atoms with Crippen LogP contribution in [0.3, 0.4) is 0 Å². The lowest BCUT2D eigenvalue weighted by Crippen LogP contribution is -2.51. The van der Waals surface area contributed by atoms with E-state index in [4.69, 9.17) is 14.2 Å². The monoisotopic (exact) mass is 443 g/mol. The summed E-state index contributed by atoms with van der Waals surface area (Å²) in [7, 11) is 1.55. The molecule has 0 bridgehead atoms. The fourth-order valence-electron chi connectivity index (χ4n) is 3.65. The van der Waals surface area contributed by atoms with Crippen molar-refractivity contribution in [1.82, 2.24) is 4.90 Å². The van der Waals surface area contributed by atoms with Gasteiger partial charge >= 0.3 is 6.09 Å². The highest BCUT2D eigenvalue weighted by atomic mass is 32.2. The fourth-order valence-corrected chi connectivity index (χ4v) is 4.68. The summed E-state index contributed by atoms with van der Waals surface area (Å²) in [5, 5.41) is 11.0. The lowest BCUT2D eigenvalue weighted by molar-refractivity contribution is -0.0954. The normalized spacial score (nSPS) is 20.3. The van der Waals surface area contributed by atoms with Gasteiger partial charge in [-0.3, -0.25) is 4.90 Å². The van der Waals surface area contributed by atoms with Gasteiger partial charge in [0.2, 0.25) is 0 Å². The second kappa shape index (κ2) is 11.9. The molecule has 6 nitrogen and oxygen atoms in total. The maximum atomic E-state index is 12.9. The topological polar surface area (TPSA) is 68.2 Å². The van der Waals surface area contributed by atoms with Crippen LogP contribution in [-0.2, 0) is 20.8 Å². The van der Waals surface area contributed by atoms with Crippen molar-refractivity contribution in [2.45, 2.75) is 41.4 Å². The molecule has 1 amide bonds. The Kier molecular flexibility index (Phi) is 8.97. The van der Waals surface area contributed by atoms with Crippen molar-refractivity contribution in [3.05, 3.63) is 78.9 Å². The Bertz CT molecular complexity index is 819. The fraction of sp³-hybridized carbons (Fsp3) is 0.375. The number of likely N-dealkylation sites (tertiary alicyclic amines) is 1. The SMILES string of the molecule is C=CC(Sc1ccccc1)[C@@H](O)[C@H]1[C@@H](OCOC)CCN1C(=O)OCc1ccccc1. The molecule has 1 heterocycles. The molecule has 1 N–H and O–H groups in total. The third-order valence-electron chi connectivity index (χ3n) is 5.17. The van der Waals surface area contributed by atoms with E-state index in [2.05, 4.69) is 6.58 Å². The average molecular weight is 444 g/mol. The zero-order chi connectivity index (χ0) is 22.1. The van der Waals surface area contributed by atoms with E-state index in [-0.39, 0.29) is 24.8 Å². The summed E-state index contributed by atoms with van der Waals surface area (Å²) in [5.74, 6) is 0. The van der Waals surface area contributed by atoms with Crippen LogP contribution in [0, 0.1) is 0 Å². The van der Waals surface area contributed by atoms with Crippen LogP contribution < -0.4 is 0 Å². The number of thioether (sulfide) groups is 1. The number of rotatable bonds is 10. The molecule has 0 saturated carbocycles. The second-order valence-corrected chi connectivity index (χ2v) is 8.50. The molecule has 1 aliphatic rings. The molecule has 1 aliphatic heterocycles. The van der Waals surface area contributed by atoms with Crippen molar-refractivity contribution in [3.8, 4) is 0 Å². The van der Waals surface area contributed by atoms with Gasteiger partial charge in [0.05, 0.1) is 23.5 Å². The molecule has 0 spiro atoms. The van der Waals surface area contributed by atoms with Gasteiger partial charge in [-0.2, -0.15) is 0 Å². The Morgan fingerprint density at radius 3 is 2.55 bits per heavy atom. The van der Waals surface area contributed by atoms with Crippen molar-refractivity contribution in [1.29, 1.82) is 0 Å². The summed E-state index contributed by atoms with van der Waals surface area (Å²) in [4.78, 5) is 15.5. The van der Waals surface area contributed by atoms with Gasteiger partial charge in [0.25, 0.3) is 0 Å². The van der Waals surface area contributed by atoms with E-state index in [1.807, 2.05) is 60.7 Å². The predicted molar refractivity (Wildman–Crippen MR) is 121 cm³/mol. The number of aliphatic hydroxyl groups is 1. The van der Waals surface area contributed by atoms with Crippen LogP contribution >= 0.6 is 11.8 Å². The quantitative estimate of drug-likeness (QED) is 0.339. The van der Waals surface area contributed by atoms with Crippen LogP contribution in [0.25, 0.3) is 0 Å². The number of nitrogens with zero attached hydrogens (tertiary/aromatic N) is 1. The van der Waals surface area contributed by atoms with Gasteiger partial charge in [-0.25, -0.2) is 4.79 Å². The van der Waals surface area contributed by atoms with E-state index in [9.17, 15) is 9.90 Å². The van der Waals surface area contributed by atoms with Crippen LogP contribution in [0.4, 0.5) is 4.79 Å². The van der Waals surface area contributed by atoms with Crippen LogP contribution in [-0.4, -0.2) is 60.0 Å². The first-order chi connectivity index (χ1) is 15.1. The summed E-state index contributed by atoms with van der Waals surface area (Å²) >= 11 is 1.50. The number of hydrogen-bond acceptors (Lipinski definition) is 6. The molecule has 31 heavy (non-hydrogen) atoms. The Hall–Kier alpha value is -2.32. The average Bonchev–Trinajstić information content (AvgIpc) is 3.24. The number of amides is 1. The lowest BCUT2D eigenvalue weighted by Gasteiger charge is -2.34. The zero-order valence-corrected chi connectivity index (χ0v) is 18.4. The van der Waals surface area contributed by atoms with E-state index in [1.165, 1.54) is 11.8 Å². The minimum Gasteiger partial charge on any atom is -0.445 e. The molecule has 2 aromatic carbocycles. The minimum absolute atomic E-state index is 0.0887. The Balaban J connectivity index is 1.73. The number of carbonyl (C=O) groups is 1. The smallest absolute Gasteiger partial charge is 0.410 e.